The first-order chi connectivity index (χ1) is 7.99. The van der Waals surface area contributed by atoms with Crippen molar-refractivity contribution in [2.45, 2.75) is 12.5 Å². The Balaban J connectivity index is 2.62. The number of hydrogen-bond donors (Lipinski definition) is 4. The van der Waals surface area contributed by atoms with Crippen LogP contribution >= 0.6 is 0 Å². The Hall–Kier alpha value is -1.57. The van der Waals surface area contributed by atoms with Crippen LogP contribution in [0.3, 0.4) is 0 Å². The number of carbonyl (C=O) groups is 1. The van der Waals surface area contributed by atoms with E-state index < -0.39 is 19.1 Å². The normalized spacial score (nSPS) is 11.9. The number of rotatable bonds is 6. The second kappa shape index (κ2) is 6.24. The van der Waals surface area contributed by atoms with Crippen molar-refractivity contribution in [3.63, 3.8) is 0 Å². The molecule has 17 heavy (non-hydrogen) atoms. The molecule has 1 atom stereocenters. The molecule has 0 aliphatic carbocycles. The minimum absolute atomic E-state index is 0.189. The van der Waals surface area contributed by atoms with E-state index in [4.69, 9.17) is 25.6 Å². The van der Waals surface area contributed by atoms with E-state index in [1.54, 1.807) is 24.3 Å². The van der Waals surface area contributed by atoms with Gasteiger partial charge in [0.1, 0.15) is 18.3 Å². The third-order valence-corrected chi connectivity index (χ3v) is 2.07. The fourth-order valence-electron chi connectivity index (χ4n) is 1.27. The molecule has 0 unspecified atom stereocenters. The van der Waals surface area contributed by atoms with Gasteiger partial charge in [0.15, 0.2) is 0 Å². The van der Waals surface area contributed by atoms with Gasteiger partial charge in [0.25, 0.3) is 0 Å². The van der Waals surface area contributed by atoms with Crippen molar-refractivity contribution in [2.75, 3.05) is 6.51 Å². The molecule has 0 aliphatic rings. The summed E-state index contributed by atoms with van der Waals surface area (Å²) in [6.45, 7) is -0.242. The first-order valence-corrected chi connectivity index (χ1v) is 5.05. The fourth-order valence-corrected chi connectivity index (χ4v) is 1.27. The molecular formula is C10H14BNO5. The number of hydrogen-bond acceptors (Lipinski definition) is 5. The zero-order chi connectivity index (χ0) is 12.8. The monoisotopic (exact) mass is 239 g/mol. The Labute approximate surface area is 98.8 Å². The van der Waals surface area contributed by atoms with Crippen molar-refractivity contribution in [2.24, 2.45) is 5.73 Å². The zero-order valence-corrected chi connectivity index (χ0v) is 9.11. The maximum absolute atomic E-state index is 10.6. The molecule has 0 heterocycles. The van der Waals surface area contributed by atoms with Gasteiger partial charge >= 0.3 is 13.1 Å². The Morgan fingerprint density at radius 1 is 1.47 bits per heavy atom. The smallest absolute Gasteiger partial charge is 0.491 e. The average molecular weight is 239 g/mol. The number of carboxylic acids is 1. The van der Waals surface area contributed by atoms with Gasteiger partial charge in [-0.15, -0.1) is 0 Å². The van der Waals surface area contributed by atoms with Crippen LogP contribution in [0, 0.1) is 0 Å². The maximum Gasteiger partial charge on any atom is 0.491 e. The highest BCUT2D eigenvalue weighted by molar-refractivity contribution is 6.40. The lowest BCUT2D eigenvalue weighted by Crippen LogP contribution is -2.32. The summed E-state index contributed by atoms with van der Waals surface area (Å²) >= 11 is 0. The third kappa shape index (κ3) is 4.86. The van der Waals surface area contributed by atoms with Crippen LogP contribution in [0.2, 0.25) is 0 Å². The molecule has 0 spiro atoms. The summed E-state index contributed by atoms with van der Waals surface area (Å²) in [5.41, 5.74) is 6.11. The summed E-state index contributed by atoms with van der Waals surface area (Å²) < 4.78 is 5.06. The van der Waals surface area contributed by atoms with Gasteiger partial charge in [0, 0.05) is 0 Å². The lowest BCUT2D eigenvalue weighted by atomic mass is 9.95. The Bertz CT molecular complexity index is 385. The zero-order valence-electron chi connectivity index (χ0n) is 9.11. The molecule has 0 saturated heterocycles. The summed E-state index contributed by atoms with van der Waals surface area (Å²) in [4.78, 5) is 10.6. The summed E-state index contributed by atoms with van der Waals surface area (Å²) in [7, 11) is -1.54. The van der Waals surface area contributed by atoms with Gasteiger partial charge in [-0.2, -0.15) is 0 Å². The predicted octanol–water partition coefficient (Wildman–Crippen LogP) is -0.968. The second-order valence-corrected chi connectivity index (χ2v) is 3.59. The van der Waals surface area contributed by atoms with Crippen molar-refractivity contribution in [1.82, 2.24) is 0 Å². The fraction of sp³-hybridized carbons (Fsp3) is 0.300. The molecule has 6 nitrogen and oxygen atoms in total. The molecular weight excluding hydrogens is 225 g/mol. The molecule has 0 amide bonds. The van der Waals surface area contributed by atoms with Crippen molar-refractivity contribution in [3.8, 4) is 5.75 Å². The van der Waals surface area contributed by atoms with Crippen LogP contribution in [0.15, 0.2) is 24.3 Å². The maximum atomic E-state index is 10.6. The lowest BCUT2D eigenvalue weighted by molar-refractivity contribution is -0.138. The first kappa shape index (κ1) is 13.5. The Morgan fingerprint density at radius 3 is 2.76 bits per heavy atom. The van der Waals surface area contributed by atoms with Crippen LogP contribution in [-0.4, -0.2) is 40.8 Å². The van der Waals surface area contributed by atoms with E-state index in [0.717, 1.165) is 0 Å². The molecule has 0 bridgehead atoms. The average Bonchev–Trinajstić information content (AvgIpc) is 2.26. The molecule has 1 aromatic carbocycles. The van der Waals surface area contributed by atoms with Crippen molar-refractivity contribution in [3.05, 3.63) is 29.8 Å². The molecule has 0 fully saturated rings. The quantitative estimate of drug-likeness (QED) is 0.475. The second-order valence-electron chi connectivity index (χ2n) is 3.59. The number of carboxylic acid groups (broad SMARTS) is 1. The van der Waals surface area contributed by atoms with E-state index in [-0.39, 0.29) is 12.9 Å². The van der Waals surface area contributed by atoms with Crippen LogP contribution in [0.25, 0.3) is 0 Å². The highest BCUT2D eigenvalue weighted by Crippen LogP contribution is 2.14. The summed E-state index contributed by atoms with van der Waals surface area (Å²) in [5, 5.41) is 25.9. The largest absolute Gasteiger partial charge is 0.496 e. The van der Waals surface area contributed by atoms with Crippen molar-refractivity contribution < 1.29 is 24.7 Å². The summed E-state index contributed by atoms with van der Waals surface area (Å²) in [5.74, 6) is -0.629. The Morgan fingerprint density at radius 2 is 2.18 bits per heavy atom. The van der Waals surface area contributed by atoms with Crippen LogP contribution < -0.4 is 10.5 Å². The van der Waals surface area contributed by atoms with Crippen LogP contribution in [0.5, 0.6) is 5.75 Å². The molecule has 1 rings (SSSR count). The minimum Gasteiger partial charge on any atom is -0.496 e. The summed E-state index contributed by atoms with van der Waals surface area (Å²) in [6, 6.07) is 5.70. The van der Waals surface area contributed by atoms with Gasteiger partial charge < -0.3 is 25.6 Å². The number of ether oxygens (including phenoxy) is 1. The molecule has 0 radical (unpaired) electrons. The molecule has 0 aromatic heterocycles. The van der Waals surface area contributed by atoms with Crippen molar-refractivity contribution >= 4 is 13.1 Å². The topological polar surface area (TPSA) is 113 Å². The highest BCUT2D eigenvalue weighted by atomic mass is 16.5. The third-order valence-electron chi connectivity index (χ3n) is 2.07. The molecule has 1 aromatic rings. The van der Waals surface area contributed by atoms with Crippen LogP contribution in [0.1, 0.15) is 5.56 Å². The molecule has 0 aliphatic heterocycles. The van der Waals surface area contributed by atoms with E-state index in [1.807, 2.05) is 0 Å². The number of benzene rings is 1. The van der Waals surface area contributed by atoms with Gasteiger partial charge in [-0.05, 0) is 24.1 Å². The van der Waals surface area contributed by atoms with E-state index in [1.165, 1.54) is 0 Å². The number of aliphatic carboxylic acids is 1. The van der Waals surface area contributed by atoms with E-state index >= 15 is 0 Å². The van der Waals surface area contributed by atoms with Gasteiger partial charge in [0.05, 0.1) is 0 Å². The standard InChI is InChI=1S/C10H14BNO5/c12-9(10(13)14)5-7-2-1-3-8(4-7)17-6-11(15)16/h1-4,9,15-16H,5-6,12H2,(H,13,14)/t9-/m0/s1. The molecule has 92 valence electrons. The minimum atomic E-state index is -1.54. The van der Waals surface area contributed by atoms with Crippen LogP contribution in [-0.2, 0) is 11.2 Å². The van der Waals surface area contributed by atoms with E-state index in [2.05, 4.69) is 0 Å². The Kier molecular flexibility index (Phi) is 4.95. The van der Waals surface area contributed by atoms with Gasteiger partial charge in [-0.1, -0.05) is 12.1 Å². The van der Waals surface area contributed by atoms with E-state index in [0.29, 0.717) is 11.3 Å². The molecule has 0 saturated carbocycles. The lowest BCUT2D eigenvalue weighted by Gasteiger charge is -2.09. The summed E-state index contributed by atoms with van der Waals surface area (Å²) in [6.07, 6.45) is 0.189. The predicted molar refractivity (Wildman–Crippen MR) is 61.4 cm³/mol. The van der Waals surface area contributed by atoms with E-state index in [9.17, 15) is 4.79 Å². The van der Waals surface area contributed by atoms with Gasteiger partial charge in [0.2, 0.25) is 0 Å². The SMILES string of the molecule is N[C@@H](Cc1cccc(OCB(O)O)c1)C(=O)O. The van der Waals surface area contributed by atoms with Gasteiger partial charge in [-0.3, -0.25) is 4.79 Å². The van der Waals surface area contributed by atoms with Crippen LogP contribution in [0.4, 0.5) is 0 Å². The number of nitrogens with two attached hydrogens (primary N) is 1. The molecule has 7 heteroatoms. The van der Waals surface area contributed by atoms with Crippen molar-refractivity contribution in [1.29, 1.82) is 0 Å². The highest BCUT2D eigenvalue weighted by Gasteiger charge is 2.13. The first-order valence-electron chi connectivity index (χ1n) is 5.05. The van der Waals surface area contributed by atoms with Gasteiger partial charge in [-0.25, -0.2) is 0 Å². The molecule has 5 N–H and O–H groups in total.